The van der Waals surface area contributed by atoms with Gasteiger partial charge in [-0.15, -0.1) is 0 Å². The van der Waals surface area contributed by atoms with E-state index in [1.807, 2.05) is 13.0 Å². The van der Waals surface area contributed by atoms with Crippen molar-refractivity contribution in [3.63, 3.8) is 0 Å². The molecule has 2 unspecified atom stereocenters. The predicted molar refractivity (Wildman–Crippen MR) is 122 cm³/mol. The number of piperidine rings is 1. The maximum atomic E-state index is 15.1. The normalized spacial score (nSPS) is 22.0. The number of aromatic amines is 1. The summed E-state index contributed by atoms with van der Waals surface area (Å²) < 4.78 is 35.5. The minimum absolute atomic E-state index is 0.105. The Kier molecular flexibility index (Phi) is 4.41. The van der Waals surface area contributed by atoms with Crippen LogP contribution in [0, 0.1) is 24.5 Å². The summed E-state index contributed by atoms with van der Waals surface area (Å²) in [7, 11) is 1.66. The van der Waals surface area contributed by atoms with Gasteiger partial charge in [-0.25, -0.2) is 8.78 Å². The Bertz CT molecular complexity index is 1390. The zero-order valence-corrected chi connectivity index (χ0v) is 18.2. The molecule has 33 heavy (non-hydrogen) atoms. The molecule has 1 aliphatic heterocycles. The fraction of sp³-hybridized carbons (Fsp3) is 0.348. The quantitative estimate of drug-likeness (QED) is 0.433. The van der Waals surface area contributed by atoms with E-state index in [0.717, 1.165) is 24.6 Å². The van der Waals surface area contributed by atoms with Crippen LogP contribution in [-0.2, 0) is 0 Å². The number of pyridine rings is 1. The molecular weight excluding hydrogens is 428 g/mol. The Balaban J connectivity index is 1.58. The summed E-state index contributed by atoms with van der Waals surface area (Å²) in [5.41, 5.74) is 8.35. The molecular formula is C23H23F2N7O. The van der Waals surface area contributed by atoms with Crippen molar-refractivity contribution in [2.75, 3.05) is 23.8 Å². The highest BCUT2D eigenvalue weighted by atomic mass is 19.2. The van der Waals surface area contributed by atoms with Gasteiger partial charge in [0.05, 0.1) is 28.2 Å². The molecule has 3 aromatic heterocycles. The van der Waals surface area contributed by atoms with Crippen LogP contribution in [0.3, 0.4) is 0 Å². The number of rotatable bonds is 4. The molecule has 6 rings (SSSR count). The molecule has 10 heteroatoms. The van der Waals surface area contributed by atoms with Crippen LogP contribution in [0.25, 0.3) is 21.9 Å². The summed E-state index contributed by atoms with van der Waals surface area (Å²) in [5, 5.41) is 3.49. The molecule has 1 aromatic carbocycles. The number of benzene rings is 1. The van der Waals surface area contributed by atoms with Crippen LogP contribution in [0.1, 0.15) is 18.5 Å². The lowest BCUT2D eigenvalue weighted by Gasteiger charge is -2.31. The van der Waals surface area contributed by atoms with Crippen LogP contribution in [0.4, 0.5) is 20.3 Å². The van der Waals surface area contributed by atoms with Gasteiger partial charge in [-0.1, -0.05) is 0 Å². The Morgan fingerprint density at radius 3 is 2.73 bits per heavy atom. The highest BCUT2D eigenvalue weighted by Crippen LogP contribution is 2.44. The van der Waals surface area contributed by atoms with Crippen LogP contribution in [0.2, 0.25) is 0 Å². The van der Waals surface area contributed by atoms with Crippen molar-refractivity contribution >= 4 is 33.4 Å². The number of nitrogens with two attached hydrogens (primary N) is 1. The summed E-state index contributed by atoms with van der Waals surface area (Å²) >= 11 is 0. The number of ether oxygens (including phenoxy) is 1. The second-order valence-corrected chi connectivity index (χ2v) is 8.84. The molecule has 2 bridgehead atoms. The third-order valence-corrected chi connectivity index (χ3v) is 6.81. The van der Waals surface area contributed by atoms with E-state index < -0.39 is 11.6 Å². The summed E-state index contributed by atoms with van der Waals surface area (Å²) in [6.45, 7) is 2.58. The second-order valence-electron chi connectivity index (χ2n) is 8.84. The molecule has 0 amide bonds. The third kappa shape index (κ3) is 3.08. The molecule has 2 aliphatic rings. The molecule has 2 fully saturated rings. The number of aromatic nitrogens is 4. The van der Waals surface area contributed by atoms with Gasteiger partial charge in [-0.3, -0.25) is 4.98 Å². The lowest BCUT2D eigenvalue weighted by atomic mass is 10.0. The number of halogens is 2. The summed E-state index contributed by atoms with van der Waals surface area (Å²) in [4.78, 5) is 18.7. The summed E-state index contributed by atoms with van der Waals surface area (Å²) in [6.07, 6.45) is 3.37. The van der Waals surface area contributed by atoms with Gasteiger partial charge in [0.1, 0.15) is 17.2 Å². The van der Waals surface area contributed by atoms with Crippen LogP contribution in [-0.4, -0.2) is 45.6 Å². The van der Waals surface area contributed by atoms with Gasteiger partial charge in [-0.05, 0) is 37.8 Å². The topological polar surface area (TPSA) is 105 Å². The van der Waals surface area contributed by atoms with Crippen LogP contribution in [0.15, 0.2) is 24.4 Å². The van der Waals surface area contributed by atoms with Crippen LogP contribution < -0.4 is 20.7 Å². The highest BCUT2D eigenvalue weighted by molar-refractivity contribution is 6.15. The van der Waals surface area contributed by atoms with Gasteiger partial charge in [-0.2, -0.15) is 9.97 Å². The Hall–Kier alpha value is -3.53. The number of aryl methyl sites for hydroxylation is 1. The number of nitrogens with zero attached hydrogens (tertiary/aromatic N) is 4. The van der Waals surface area contributed by atoms with Crippen molar-refractivity contribution < 1.29 is 13.5 Å². The van der Waals surface area contributed by atoms with E-state index >= 15 is 4.39 Å². The number of nitrogens with one attached hydrogen (secondary N) is 2. The second kappa shape index (κ2) is 7.24. The van der Waals surface area contributed by atoms with Gasteiger partial charge in [0.25, 0.3) is 0 Å². The molecule has 4 N–H and O–H groups in total. The molecule has 1 saturated heterocycles. The smallest absolute Gasteiger partial charge is 0.326 e. The molecule has 8 nitrogen and oxygen atoms in total. The van der Waals surface area contributed by atoms with Gasteiger partial charge in [0, 0.05) is 37.4 Å². The Morgan fingerprint density at radius 1 is 1.21 bits per heavy atom. The average Bonchev–Trinajstić information content (AvgIpc) is 3.49. The van der Waals surface area contributed by atoms with Gasteiger partial charge in [0.2, 0.25) is 0 Å². The monoisotopic (exact) mass is 451 g/mol. The van der Waals surface area contributed by atoms with Gasteiger partial charge < -0.3 is 25.7 Å². The molecule has 0 spiro atoms. The van der Waals surface area contributed by atoms with Crippen molar-refractivity contribution in [1.82, 2.24) is 19.9 Å². The van der Waals surface area contributed by atoms with E-state index in [4.69, 9.17) is 10.5 Å². The zero-order chi connectivity index (χ0) is 22.9. The van der Waals surface area contributed by atoms with E-state index in [9.17, 15) is 4.39 Å². The Labute approximate surface area is 188 Å². The van der Waals surface area contributed by atoms with Crippen molar-refractivity contribution in [3.05, 3.63) is 41.7 Å². The molecule has 4 aromatic rings. The molecule has 1 aliphatic carbocycles. The fourth-order valence-electron chi connectivity index (χ4n) is 5.18. The first kappa shape index (κ1) is 20.1. The SMILES string of the molecule is CNc1cc(F)c(F)c2c1[nH]c1nc(Oc3ccc(C)nc3)nc(N3C[C@H]4CC3CC4N)c12. The molecule has 4 heterocycles. The maximum absolute atomic E-state index is 15.1. The number of fused-ring (bicyclic) bond motifs is 5. The molecule has 3 atom stereocenters. The van der Waals surface area contributed by atoms with Crippen molar-refractivity contribution in [2.24, 2.45) is 11.7 Å². The van der Waals surface area contributed by atoms with E-state index in [1.54, 1.807) is 19.3 Å². The standard InChI is InChI=1S/C23H23F2N7O/c1-10-3-4-13(8-28-10)33-23-30-21-18(17-19(25)14(24)7-16(27-2)20(17)29-21)22(31-23)32-9-11-5-12(32)6-15(11)26/h3-4,7-8,11-12,15,27H,5-6,9,26H2,1-2H3,(H,29,30,31)/t11-,12?,15?/m1/s1. The van der Waals surface area contributed by atoms with Crippen molar-refractivity contribution in [3.8, 4) is 11.8 Å². The lowest BCUT2D eigenvalue weighted by Crippen LogP contribution is -2.41. The van der Waals surface area contributed by atoms with Gasteiger partial charge in [0.15, 0.2) is 11.6 Å². The number of H-pyrrole nitrogens is 1. The van der Waals surface area contributed by atoms with Crippen LogP contribution >= 0.6 is 0 Å². The average molecular weight is 451 g/mol. The van der Waals surface area contributed by atoms with E-state index in [0.29, 0.717) is 46.3 Å². The number of hydrogen-bond donors (Lipinski definition) is 3. The minimum atomic E-state index is -0.935. The van der Waals surface area contributed by atoms with E-state index in [-0.39, 0.29) is 23.5 Å². The zero-order valence-electron chi connectivity index (χ0n) is 18.2. The lowest BCUT2D eigenvalue weighted by molar-refractivity contribution is 0.438. The first-order chi connectivity index (χ1) is 15.9. The largest absolute Gasteiger partial charge is 0.423 e. The summed E-state index contributed by atoms with van der Waals surface area (Å²) in [6, 6.07) is 5.18. The minimum Gasteiger partial charge on any atom is -0.423 e. The van der Waals surface area contributed by atoms with Crippen molar-refractivity contribution in [2.45, 2.75) is 31.8 Å². The Morgan fingerprint density at radius 2 is 2.06 bits per heavy atom. The molecule has 1 saturated carbocycles. The van der Waals surface area contributed by atoms with Gasteiger partial charge >= 0.3 is 6.01 Å². The summed E-state index contributed by atoms with van der Waals surface area (Å²) in [5.74, 6) is -0.523. The van der Waals surface area contributed by atoms with E-state index in [1.165, 1.54) is 0 Å². The number of anilines is 2. The van der Waals surface area contributed by atoms with Crippen LogP contribution in [0.5, 0.6) is 11.8 Å². The molecule has 0 radical (unpaired) electrons. The maximum Gasteiger partial charge on any atom is 0.326 e. The molecule has 170 valence electrons. The van der Waals surface area contributed by atoms with E-state index in [2.05, 4.69) is 30.2 Å². The highest BCUT2D eigenvalue weighted by Gasteiger charge is 2.44. The van der Waals surface area contributed by atoms with Crippen molar-refractivity contribution in [1.29, 1.82) is 0 Å². The predicted octanol–water partition coefficient (Wildman–Crippen LogP) is 3.85. The third-order valence-electron chi connectivity index (χ3n) is 6.81. The number of hydrogen-bond acceptors (Lipinski definition) is 7. The fourth-order valence-corrected chi connectivity index (χ4v) is 5.18. The first-order valence-corrected chi connectivity index (χ1v) is 10.9. The first-order valence-electron chi connectivity index (χ1n) is 10.9.